The van der Waals surface area contributed by atoms with Crippen LogP contribution in [0.5, 0.6) is 17.2 Å². The van der Waals surface area contributed by atoms with Gasteiger partial charge in [0.25, 0.3) is 0 Å². The molecule has 1 heterocycles. The highest BCUT2D eigenvalue weighted by molar-refractivity contribution is 7.98. The molecule has 1 amide bonds. The maximum absolute atomic E-state index is 14.6. The van der Waals surface area contributed by atoms with Gasteiger partial charge >= 0.3 is 6.09 Å². The summed E-state index contributed by atoms with van der Waals surface area (Å²) in [4.78, 5) is 23.7. The lowest BCUT2D eigenvalue weighted by Gasteiger charge is -2.59. The Kier molecular flexibility index (Phi) is 15.3. The largest absolute Gasteiger partial charge is 0.459 e. The first-order valence-electron chi connectivity index (χ1n) is 22.8. The van der Waals surface area contributed by atoms with E-state index in [1.54, 1.807) is 22.7 Å². The van der Waals surface area contributed by atoms with E-state index in [1.165, 1.54) is 7.11 Å². The second kappa shape index (κ2) is 21.6. The number of carbonyl (C=O) groups excluding carboxylic acids is 1. The van der Waals surface area contributed by atoms with Crippen LogP contribution in [0, 0.1) is 17.8 Å². The molecule has 0 bridgehead atoms. The van der Waals surface area contributed by atoms with Gasteiger partial charge < -0.3 is 34.0 Å². The van der Waals surface area contributed by atoms with E-state index in [0.717, 1.165) is 69.4 Å². The summed E-state index contributed by atoms with van der Waals surface area (Å²) in [6, 6.07) is 37.5. The molecular formula is C54H60N2O8S. The van der Waals surface area contributed by atoms with Crippen LogP contribution in [0.4, 0.5) is 4.79 Å². The van der Waals surface area contributed by atoms with Crippen molar-refractivity contribution in [3.8, 4) is 17.2 Å². The lowest BCUT2D eigenvalue weighted by molar-refractivity contribution is -0.256. The number of allylic oxidation sites excluding steroid dienone is 1. The Hall–Kier alpha value is -5.59. The fraction of sp³-hybridized carbons (Fsp3) is 0.370. The topological polar surface area (TPSA) is 119 Å². The number of methoxy groups -OCH3 is 1. The number of rotatable bonds is 20. The van der Waals surface area contributed by atoms with Gasteiger partial charge in [0.1, 0.15) is 29.9 Å². The molecule has 2 aliphatic carbocycles. The Morgan fingerprint density at radius 2 is 1.65 bits per heavy atom. The van der Waals surface area contributed by atoms with Gasteiger partial charge in [0, 0.05) is 36.0 Å². The number of benzene rings is 5. The van der Waals surface area contributed by atoms with Crippen molar-refractivity contribution in [3.05, 3.63) is 156 Å². The third kappa shape index (κ3) is 9.99. The van der Waals surface area contributed by atoms with Crippen LogP contribution >= 0.6 is 11.8 Å². The SMILES string of the molecule is C=CCOC12Oc3ccc(Oc4ccc(SC)cc4)cc3C3C(CCCCO)C(CCCCO)C=C(C(=NOCc4ccccc4)CC1N(Cc1cccc4ccccc14)C(=O)OC)C32. The monoisotopic (exact) mass is 896 g/mol. The first-order valence-corrected chi connectivity index (χ1v) is 24.0. The molecule has 0 saturated heterocycles. The molecule has 2 N–H and O–H groups in total. The van der Waals surface area contributed by atoms with Crippen LogP contribution in [-0.2, 0) is 27.5 Å². The number of aliphatic hydroxyl groups excluding tert-OH is 2. The van der Waals surface area contributed by atoms with Crippen LogP contribution in [0.3, 0.4) is 0 Å². The molecule has 65 heavy (non-hydrogen) atoms. The van der Waals surface area contributed by atoms with Crippen LogP contribution in [0.2, 0.25) is 0 Å². The summed E-state index contributed by atoms with van der Waals surface area (Å²) in [7, 11) is 1.41. The molecule has 6 atom stereocenters. The van der Waals surface area contributed by atoms with Crippen molar-refractivity contribution in [3.63, 3.8) is 0 Å². The average Bonchev–Trinajstić information content (AvgIpc) is 3.34. The molecule has 6 unspecified atom stereocenters. The van der Waals surface area contributed by atoms with Gasteiger partial charge in [-0.3, -0.25) is 4.90 Å². The van der Waals surface area contributed by atoms with Crippen molar-refractivity contribution in [2.24, 2.45) is 22.9 Å². The minimum Gasteiger partial charge on any atom is -0.459 e. The van der Waals surface area contributed by atoms with Crippen LogP contribution in [0.1, 0.15) is 67.6 Å². The van der Waals surface area contributed by atoms with E-state index in [4.69, 9.17) is 28.9 Å². The average molecular weight is 897 g/mol. The number of ether oxygens (including phenoxy) is 4. The molecule has 3 aliphatic rings. The predicted molar refractivity (Wildman–Crippen MR) is 256 cm³/mol. The predicted octanol–water partition coefficient (Wildman–Crippen LogP) is 11.5. The van der Waals surface area contributed by atoms with E-state index in [2.05, 4.69) is 43.2 Å². The standard InChI is InChI=1S/C54H60N2O8S/c1-4-31-61-54-50(56(53(59)60-2)35-40-20-14-19-38-17-8-9-21-44(38)40)34-48(55-62-36-37-15-6-5-7-16-37)46-32-39(18-10-12-29-57)45(22-11-13-30-58)51(52(46)54)47-33-42(25-28-49(47)64-54)63-41-23-26-43(65-3)27-24-41/h4-9,14-17,19-21,23-28,32-33,39,45,50-52,57-58H,1,10-13,18,22,29-31,34-36H2,2-3H3. The molecule has 1 aliphatic heterocycles. The third-order valence-electron chi connectivity index (χ3n) is 13.2. The summed E-state index contributed by atoms with van der Waals surface area (Å²) >= 11 is 1.68. The number of hydrogen-bond acceptors (Lipinski definition) is 10. The number of hydrogen-bond donors (Lipinski definition) is 2. The van der Waals surface area contributed by atoms with Crippen molar-refractivity contribution >= 4 is 34.3 Å². The lowest BCUT2D eigenvalue weighted by Crippen LogP contribution is -2.70. The summed E-state index contributed by atoms with van der Waals surface area (Å²) < 4.78 is 26.9. The highest BCUT2D eigenvalue weighted by atomic mass is 32.2. The number of amides is 1. The van der Waals surface area contributed by atoms with Gasteiger partial charge in [0.2, 0.25) is 5.79 Å². The highest BCUT2D eigenvalue weighted by Gasteiger charge is 2.65. The fourth-order valence-corrected chi connectivity index (χ4v) is 10.7. The summed E-state index contributed by atoms with van der Waals surface area (Å²) in [6.45, 7) is 4.89. The molecule has 1 saturated carbocycles. The van der Waals surface area contributed by atoms with Gasteiger partial charge in [-0.1, -0.05) is 103 Å². The number of oxime groups is 1. The van der Waals surface area contributed by atoms with Gasteiger partial charge in [0.05, 0.1) is 31.9 Å². The zero-order valence-electron chi connectivity index (χ0n) is 37.4. The Morgan fingerprint density at radius 1 is 0.908 bits per heavy atom. The maximum atomic E-state index is 14.6. The van der Waals surface area contributed by atoms with Crippen LogP contribution < -0.4 is 9.47 Å². The molecule has 5 aromatic rings. The molecule has 0 aromatic heterocycles. The lowest BCUT2D eigenvalue weighted by atomic mass is 9.55. The summed E-state index contributed by atoms with van der Waals surface area (Å²) in [6.07, 6.45) is 10.5. The second-order valence-electron chi connectivity index (χ2n) is 17.0. The van der Waals surface area contributed by atoms with E-state index in [9.17, 15) is 15.0 Å². The fourth-order valence-electron chi connectivity index (χ4n) is 10.3. The normalized spacial score (nSPS) is 22.6. The third-order valence-corrected chi connectivity index (χ3v) is 13.9. The molecule has 0 radical (unpaired) electrons. The quantitative estimate of drug-likeness (QED) is 0.0341. The van der Waals surface area contributed by atoms with E-state index in [0.29, 0.717) is 30.1 Å². The Morgan fingerprint density at radius 3 is 2.40 bits per heavy atom. The van der Waals surface area contributed by atoms with Crippen LogP contribution in [-0.4, -0.2) is 71.9 Å². The van der Waals surface area contributed by atoms with E-state index in [1.807, 2.05) is 91.0 Å². The molecule has 11 heteroatoms. The van der Waals surface area contributed by atoms with E-state index in [-0.39, 0.29) is 57.1 Å². The number of nitrogens with zero attached hydrogens (tertiary/aromatic N) is 2. The summed E-state index contributed by atoms with van der Waals surface area (Å²) in [5.41, 5.74) is 4.56. The van der Waals surface area contributed by atoms with Crippen LogP contribution in [0.25, 0.3) is 10.8 Å². The highest BCUT2D eigenvalue weighted by Crippen LogP contribution is 2.62. The zero-order valence-corrected chi connectivity index (χ0v) is 38.2. The van der Waals surface area contributed by atoms with E-state index < -0.39 is 23.8 Å². The molecule has 5 aromatic carbocycles. The van der Waals surface area contributed by atoms with Crippen molar-refractivity contribution in [2.75, 3.05) is 33.2 Å². The zero-order chi connectivity index (χ0) is 45.2. The molecule has 10 nitrogen and oxygen atoms in total. The number of unbranched alkanes of at least 4 members (excludes halogenated alkanes) is 2. The molecule has 0 spiro atoms. The second-order valence-corrected chi connectivity index (χ2v) is 17.9. The Labute approximate surface area is 386 Å². The number of thioether (sulfide) groups is 1. The van der Waals surface area contributed by atoms with Gasteiger partial charge in [-0.25, -0.2) is 4.79 Å². The number of carbonyl (C=O) groups is 1. The van der Waals surface area contributed by atoms with Crippen molar-refractivity contribution in [1.82, 2.24) is 4.90 Å². The van der Waals surface area contributed by atoms with Gasteiger partial charge in [-0.2, -0.15) is 0 Å². The Balaban J connectivity index is 1.34. The molecule has 340 valence electrons. The first-order chi connectivity index (χ1) is 31.9. The molecule has 8 rings (SSSR count). The minimum atomic E-state index is -1.45. The maximum Gasteiger partial charge on any atom is 0.410 e. The van der Waals surface area contributed by atoms with Crippen LogP contribution in [0.15, 0.2) is 150 Å². The van der Waals surface area contributed by atoms with Crippen molar-refractivity contribution in [1.29, 1.82) is 0 Å². The smallest absolute Gasteiger partial charge is 0.410 e. The van der Waals surface area contributed by atoms with Gasteiger partial charge in [-0.15, -0.1) is 18.3 Å². The molecule has 1 fully saturated rings. The van der Waals surface area contributed by atoms with Gasteiger partial charge in [0.15, 0.2) is 0 Å². The van der Waals surface area contributed by atoms with Crippen molar-refractivity contribution in [2.45, 2.75) is 80.7 Å². The van der Waals surface area contributed by atoms with E-state index >= 15 is 0 Å². The van der Waals surface area contributed by atoms with Gasteiger partial charge in [-0.05, 0) is 114 Å². The molecular weight excluding hydrogens is 837 g/mol. The van der Waals surface area contributed by atoms with Crippen molar-refractivity contribution < 1.29 is 38.8 Å². The number of fused-ring (bicyclic) bond motifs is 3. The Bertz CT molecular complexity index is 2450. The first kappa shape index (κ1) is 46.0. The summed E-state index contributed by atoms with van der Waals surface area (Å²) in [5, 5.41) is 27.1. The minimum absolute atomic E-state index is 0.0503. The number of aliphatic hydroxyl groups is 2. The summed E-state index contributed by atoms with van der Waals surface area (Å²) in [5.74, 6) is 0.00384.